The van der Waals surface area contributed by atoms with Crippen molar-refractivity contribution in [3.63, 3.8) is 0 Å². The molecule has 11 heteroatoms. The molecular weight excluding hydrogens is 478 g/mol. The van der Waals surface area contributed by atoms with Crippen LogP contribution in [-0.4, -0.2) is 49.9 Å². The molecule has 36 heavy (non-hydrogen) atoms. The molecule has 3 aromatic heterocycles. The predicted octanol–water partition coefficient (Wildman–Crippen LogP) is 3.22. The highest BCUT2D eigenvalue weighted by atomic mass is 32.1. The first-order valence-electron chi connectivity index (χ1n) is 12.7. The molecule has 3 aromatic rings. The number of nitrogens with one attached hydrogen (secondary N) is 2. The fourth-order valence-corrected chi connectivity index (χ4v) is 6.39. The molecule has 2 fully saturated rings. The van der Waals surface area contributed by atoms with Crippen molar-refractivity contribution in [3.8, 4) is 5.88 Å². The molecule has 0 unspecified atom stereocenters. The van der Waals surface area contributed by atoms with E-state index in [1.807, 2.05) is 17.8 Å². The van der Waals surface area contributed by atoms with Gasteiger partial charge in [-0.25, -0.2) is 0 Å². The first-order chi connectivity index (χ1) is 17.5. The lowest BCUT2D eigenvalue weighted by Gasteiger charge is -2.25. The van der Waals surface area contributed by atoms with Crippen LogP contribution >= 0.6 is 11.3 Å². The van der Waals surface area contributed by atoms with Crippen molar-refractivity contribution in [2.24, 2.45) is 18.9 Å². The number of amides is 1. The van der Waals surface area contributed by atoms with Crippen LogP contribution in [0.4, 0.5) is 11.6 Å². The summed E-state index contributed by atoms with van der Waals surface area (Å²) in [6, 6.07) is 0.0919. The third-order valence-corrected chi connectivity index (χ3v) is 8.64. The number of aromatic nitrogens is 5. The van der Waals surface area contributed by atoms with E-state index < -0.39 is 0 Å². The summed E-state index contributed by atoms with van der Waals surface area (Å²) in [5.41, 5.74) is 2.54. The number of hydrogen-bond acceptors (Lipinski definition) is 8. The van der Waals surface area contributed by atoms with Gasteiger partial charge in [0.2, 0.25) is 5.95 Å². The monoisotopic (exact) mass is 509 g/mol. The number of aryl methyl sites for hydroxylation is 2. The van der Waals surface area contributed by atoms with Crippen LogP contribution in [0.25, 0.3) is 0 Å². The Balaban J connectivity index is 1.27. The van der Waals surface area contributed by atoms with Crippen molar-refractivity contribution in [1.29, 1.82) is 0 Å². The SMILES string of the molecule is COc1nn(C)cc1Nc1nncn1[C@H]1CCc2sc(CC(=O)C3CC3)c(C(=O)NCC3CC3)c2C1. The number of nitrogens with zero attached hydrogens (tertiary/aromatic N) is 5. The second-order valence-electron chi connectivity index (χ2n) is 10.2. The number of thiophene rings is 1. The summed E-state index contributed by atoms with van der Waals surface area (Å²) in [6.45, 7) is 0.718. The molecule has 0 saturated heterocycles. The fourth-order valence-electron chi connectivity index (χ4n) is 5.03. The molecule has 190 valence electrons. The minimum atomic E-state index is -0.0270. The Labute approximate surface area is 213 Å². The van der Waals surface area contributed by atoms with Gasteiger partial charge in [-0.1, -0.05) is 0 Å². The number of rotatable bonds is 10. The van der Waals surface area contributed by atoms with Crippen molar-refractivity contribution in [1.82, 2.24) is 29.9 Å². The molecule has 0 bridgehead atoms. The molecule has 10 nitrogen and oxygen atoms in total. The van der Waals surface area contributed by atoms with Gasteiger partial charge < -0.3 is 15.4 Å². The first kappa shape index (κ1) is 23.2. The molecule has 3 heterocycles. The van der Waals surface area contributed by atoms with E-state index in [4.69, 9.17) is 4.74 Å². The zero-order valence-electron chi connectivity index (χ0n) is 20.6. The summed E-state index contributed by atoms with van der Waals surface area (Å²) in [5, 5.41) is 19.2. The van der Waals surface area contributed by atoms with Gasteiger partial charge in [0.05, 0.1) is 18.9 Å². The van der Waals surface area contributed by atoms with Crippen LogP contribution < -0.4 is 15.4 Å². The number of ether oxygens (including phenoxy) is 1. The Kier molecular flexibility index (Phi) is 6.02. The van der Waals surface area contributed by atoms with Gasteiger partial charge in [0, 0.05) is 41.7 Å². The van der Waals surface area contributed by atoms with Crippen molar-refractivity contribution in [2.45, 2.75) is 57.4 Å². The van der Waals surface area contributed by atoms with Crippen LogP contribution in [0.15, 0.2) is 12.5 Å². The van der Waals surface area contributed by atoms with E-state index in [0.29, 0.717) is 36.3 Å². The summed E-state index contributed by atoms with van der Waals surface area (Å²) in [5.74, 6) is 2.12. The van der Waals surface area contributed by atoms with Crippen LogP contribution in [0, 0.1) is 11.8 Å². The topological polar surface area (TPSA) is 116 Å². The number of methoxy groups -OCH3 is 1. The summed E-state index contributed by atoms with van der Waals surface area (Å²) < 4.78 is 9.08. The molecule has 0 spiro atoms. The van der Waals surface area contributed by atoms with E-state index in [2.05, 4.69) is 25.9 Å². The average molecular weight is 510 g/mol. The highest BCUT2D eigenvalue weighted by Crippen LogP contribution is 2.41. The lowest BCUT2D eigenvalue weighted by atomic mass is 9.90. The van der Waals surface area contributed by atoms with Gasteiger partial charge in [-0.2, -0.15) is 0 Å². The van der Waals surface area contributed by atoms with E-state index in [1.165, 1.54) is 17.7 Å². The molecular formula is C25H31N7O3S. The Morgan fingerprint density at radius 1 is 1.22 bits per heavy atom. The van der Waals surface area contributed by atoms with Crippen LogP contribution in [0.2, 0.25) is 0 Å². The van der Waals surface area contributed by atoms with Crippen molar-refractivity contribution in [2.75, 3.05) is 19.0 Å². The number of carbonyl (C=O) groups is 2. The van der Waals surface area contributed by atoms with Crippen LogP contribution in [-0.2, 0) is 31.1 Å². The molecule has 0 aromatic carbocycles. The standard InChI is InChI=1S/C25H31N7O3S/c1-31-12-18(24(30-31)35-2)28-25-29-27-13-32(25)16-7-8-20-17(9-16)22(23(34)26-11-14-3-4-14)21(36-20)10-19(33)15-5-6-15/h12-16H,3-11H2,1-2H3,(H,26,34)(H,28,29)/t16-/m0/s1. The second-order valence-corrected chi connectivity index (χ2v) is 11.4. The maximum atomic E-state index is 13.4. The minimum absolute atomic E-state index is 0.0270. The predicted molar refractivity (Wildman–Crippen MR) is 135 cm³/mol. The maximum Gasteiger partial charge on any atom is 0.256 e. The highest BCUT2D eigenvalue weighted by molar-refractivity contribution is 7.12. The highest BCUT2D eigenvalue weighted by Gasteiger charge is 2.35. The van der Waals surface area contributed by atoms with Crippen molar-refractivity contribution >= 4 is 34.7 Å². The summed E-state index contributed by atoms with van der Waals surface area (Å²) in [6.07, 6.45) is 10.7. The van der Waals surface area contributed by atoms with E-state index in [9.17, 15) is 9.59 Å². The molecule has 2 saturated carbocycles. The Morgan fingerprint density at radius 3 is 2.81 bits per heavy atom. The summed E-state index contributed by atoms with van der Waals surface area (Å²) >= 11 is 1.66. The maximum absolute atomic E-state index is 13.4. The number of anilines is 2. The lowest BCUT2D eigenvalue weighted by Crippen LogP contribution is -2.28. The Bertz CT molecular complexity index is 1300. The van der Waals surface area contributed by atoms with E-state index in [1.54, 1.807) is 29.5 Å². The number of hydrogen-bond donors (Lipinski definition) is 2. The van der Waals surface area contributed by atoms with Gasteiger partial charge >= 0.3 is 0 Å². The van der Waals surface area contributed by atoms with Crippen LogP contribution in [0.1, 0.15) is 63.8 Å². The normalized spacial score (nSPS) is 19.1. The Morgan fingerprint density at radius 2 is 2.06 bits per heavy atom. The lowest BCUT2D eigenvalue weighted by molar-refractivity contribution is -0.119. The molecule has 3 aliphatic rings. The third kappa shape index (κ3) is 4.63. The van der Waals surface area contributed by atoms with E-state index >= 15 is 0 Å². The van der Waals surface area contributed by atoms with Crippen LogP contribution in [0.3, 0.4) is 0 Å². The summed E-state index contributed by atoms with van der Waals surface area (Å²) in [4.78, 5) is 28.3. The van der Waals surface area contributed by atoms with Gasteiger partial charge in [0.1, 0.15) is 17.8 Å². The zero-order valence-corrected chi connectivity index (χ0v) is 21.4. The van der Waals surface area contributed by atoms with Crippen molar-refractivity contribution < 1.29 is 14.3 Å². The largest absolute Gasteiger partial charge is 0.478 e. The molecule has 0 aliphatic heterocycles. The smallest absolute Gasteiger partial charge is 0.256 e. The fraction of sp³-hybridized carbons (Fsp3) is 0.560. The molecule has 1 atom stereocenters. The van der Waals surface area contributed by atoms with Gasteiger partial charge in [-0.05, 0) is 56.4 Å². The average Bonchev–Trinajstić information content (AvgIpc) is 3.78. The number of carbonyl (C=O) groups excluding carboxylic acids is 2. The quantitative estimate of drug-likeness (QED) is 0.431. The zero-order chi connectivity index (χ0) is 24.8. The minimum Gasteiger partial charge on any atom is -0.478 e. The molecule has 6 rings (SSSR count). The molecule has 0 radical (unpaired) electrons. The first-order valence-corrected chi connectivity index (χ1v) is 13.5. The number of Topliss-reactive ketones (excluding diaryl/α,β-unsaturated/α-hetero) is 1. The van der Waals surface area contributed by atoms with Crippen molar-refractivity contribution in [3.05, 3.63) is 33.4 Å². The third-order valence-electron chi connectivity index (χ3n) is 7.35. The van der Waals surface area contributed by atoms with E-state index in [0.717, 1.165) is 48.2 Å². The Hall–Kier alpha value is -3.21. The number of ketones is 1. The molecule has 2 N–H and O–H groups in total. The molecule has 3 aliphatic carbocycles. The summed E-state index contributed by atoms with van der Waals surface area (Å²) in [7, 11) is 3.41. The molecule has 1 amide bonds. The van der Waals surface area contributed by atoms with E-state index in [-0.39, 0.29) is 23.7 Å². The van der Waals surface area contributed by atoms with Gasteiger partial charge in [0.15, 0.2) is 0 Å². The van der Waals surface area contributed by atoms with Gasteiger partial charge in [-0.3, -0.25) is 18.8 Å². The second kappa shape index (κ2) is 9.34. The van der Waals surface area contributed by atoms with Gasteiger partial charge in [-0.15, -0.1) is 26.6 Å². The number of fused-ring (bicyclic) bond motifs is 1. The van der Waals surface area contributed by atoms with Crippen LogP contribution in [0.5, 0.6) is 5.88 Å². The van der Waals surface area contributed by atoms with Gasteiger partial charge in [0.25, 0.3) is 11.8 Å².